The first-order valence-corrected chi connectivity index (χ1v) is 16.2. The number of anilines is 2. The van der Waals surface area contributed by atoms with Crippen LogP contribution in [0, 0.1) is 5.92 Å². The van der Waals surface area contributed by atoms with Crippen LogP contribution in [-0.2, 0) is 30.5 Å². The number of benzene rings is 1. The highest BCUT2D eigenvalue weighted by Crippen LogP contribution is 2.16. The highest BCUT2D eigenvalue weighted by Gasteiger charge is 2.29. The lowest BCUT2D eigenvalue weighted by atomic mass is 9.94. The van der Waals surface area contributed by atoms with Crippen LogP contribution < -0.4 is 38.7 Å². The molecule has 0 spiro atoms. The predicted octanol–water partition coefficient (Wildman–Crippen LogP) is -0.562. The summed E-state index contributed by atoms with van der Waals surface area (Å²) >= 11 is 0. The van der Waals surface area contributed by atoms with E-state index in [9.17, 15) is 43.8 Å². The minimum absolute atomic E-state index is 0.0162. The van der Waals surface area contributed by atoms with Crippen molar-refractivity contribution in [1.29, 1.82) is 0 Å². The fraction of sp³-hybridized carbons (Fsp3) is 0.406. The molecule has 0 bridgehead atoms. The number of ketones is 2. The van der Waals surface area contributed by atoms with E-state index >= 15 is 0 Å². The molecule has 0 radical (unpaired) electrons. The Morgan fingerprint density at radius 1 is 0.962 bits per heavy atom. The predicted molar refractivity (Wildman–Crippen MR) is 187 cm³/mol. The van der Waals surface area contributed by atoms with Crippen LogP contribution in [0.4, 0.5) is 11.6 Å². The van der Waals surface area contributed by atoms with Gasteiger partial charge in [0.1, 0.15) is 11.8 Å². The van der Waals surface area contributed by atoms with Crippen molar-refractivity contribution in [3.8, 4) is 0 Å². The zero-order chi connectivity index (χ0) is 38.4. The van der Waals surface area contributed by atoms with Crippen molar-refractivity contribution in [2.75, 3.05) is 17.6 Å². The maximum absolute atomic E-state index is 13.0. The number of rotatable bonds is 21. The number of carbonyl (C=O) groups excluding carboxylic acids is 4. The van der Waals surface area contributed by atoms with Crippen LogP contribution in [0.3, 0.4) is 0 Å². The third kappa shape index (κ3) is 12.4. The van der Waals surface area contributed by atoms with Gasteiger partial charge in [-0.05, 0) is 43.5 Å². The van der Waals surface area contributed by atoms with Crippen LogP contribution in [0.5, 0.6) is 0 Å². The van der Waals surface area contributed by atoms with Crippen molar-refractivity contribution < 1.29 is 39.0 Å². The summed E-state index contributed by atoms with van der Waals surface area (Å²) in [5.74, 6) is -6.75. The maximum atomic E-state index is 13.0. The molecule has 0 aliphatic carbocycles. The van der Waals surface area contributed by atoms with Gasteiger partial charge in [0.2, 0.25) is 11.9 Å². The Morgan fingerprint density at radius 2 is 1.67 bits per heavy atom. The first-order chi connectivity index (χ1) is 24.7. The number of hydrogen-bond donors (Lipinski definition) is 9. The van der Waals surface area contributed by atoms with Gasteiger partial charge in [-0.2, -0.15) is 4.98 Å². The molecule has 0 aliphatic rings. The van der Waals surface area contributed by atoms with E-state index < -0.39 is 65.9 Å². The molecule has 20 nitrogen and oxygen atoms in total. The number of amides is 2. The van der Waals surface area contributed by atoms with Gasteiger partial charge in [-0.15, -0.1) is 0 Å². The average Bonchev–Trinajstić information content (AvgIpc) is 3.09. The molecule has 3 atom stereocenters. The Kier molecular flexibility index (Phi) is 14.7. The molecule has 2 heterocycles. The van der Waals surface area contributed by atoms with Crippen LogP contribution >= 0.6 is 0 Å². The number of Topliss-reactive ketones (excluding diaryl/α,β-unsaturated/α-hetero) is 2. The summed E-state index contributed by atoms with van der Waals surface area (Å²) in [7, 11) is 0. The van der Waals surface area contributed by atoms with Gasteiger partial charge in [-0.3, -0.25) is 38.7 Å². The number of aliphatic carboxylic acids is 2. The topological polar surface area (TPSA) is 341 Å². The molecule has 0 aliphatic heterocycles. The molecule has 278 valence electrons. The number of H-pyrrole nitrogens is 1. The molecular weight excluding hydrogens is 682 g/mol. The summed E-state index contributed by atoms with van der Waals surface area (Å²) in [6.45, 7) is 1.97. The Balaban J connectivity index is 1.55. The first-order valence-electron chi connectivity index (χ1n) is 16.2. The molecule has 2 aromatic heterocycles. The van der Waals surface area contributed by atoms with Gasteiger partial charge in [0, 0.05) is 37.1 Å². The Morgan fingerprint density at radius 3 is 2.31 bits per heavy atom. The molecule has 3 unspecified atom stereocenters. The van der Waals surface area contributed by atoms with Gasteiger partial charge >= 0.3 is 11.9 Å². The number of carboxylic acids is 2. The standard InChI is InChI=1S/C32H41N11O9/c1-2-23(45)21(4-3-11-36-31(33)34)40-28(49)17(13-24(46)47)12-20(44)9-10-22(30(51)52)41-27(48)16-5-7-18(8-6-16)37-14-19-15-38-26-25(39-19)29(50)43-32(35)42-26/h5-8,15,17,21-22,37H,2-4,9-14H2,1H3,(H,40,49)(H,41,48)(H,46,47)(H,51,52)(H4,33,34,36)(H3,35,38,42,43,50). The fourth-order valence-corrected chi connectivity index (χ4v) is 4.99. The van der Waals surface area contributed by atoms with Crippen molar-refractivity contribution in [3.05, 3.63) is 52.1 Å². The summed E-state index contributed by atoms with van der Waals surface area (Å²) < 4.78 is 0. The molecule has 3 aromatic rings. The summed E-state index contributed by atoms with van der Waals surface area (Å²) in [6.07, 6.45) is 0.104. The molecule has 2 amide bonds. The lowest BCUT2D eigenvalue weighted by molar-refractivity contribution is -0.142. The molecule has 0 saturated heterocycles. The summed E-state index contributed by atoms with van der Waals surface area (Å²) in [5.41, 5.74) is 16.8. The van der Waals surface area contributed by atoms with E-state index in [-0.39, 0.29) is 73.2 Å². The van der Waals surface area contributed by atoms with Gasteiger partial charge in [0.05, 0.1) is 36.8 Å². The van der Waals surface area contributed by atoms with Crippen molar-refractivity contribution in [1.82, 2.24) is 30.6 Å². The van der Waals surface area contributed by atoms with Gasteiger partial charge in [-0.25, -0.2) is 14.8 Å². The molecule has 1 aromatic carbocycles. The van der Waals surface area contributed by atoms with Crippen LogP contribution in [0.25, 0.3) is 11.2 Å². The number of nitrogen functional groups attached to an aromatic ring is 1. The minimum atomic E-state index is -1.47. The fourth-order valence-electron chi connectivity index (χ4n) is 4.99. The SMILES string of the molecule is CCC(=O)C(CCCN=C(N)N)NC(=O)C(CC(=O)O)CC(=O)CCC(NC(=O)c1ccc(NCc2cnc3nc(N)[nH]c(=O)c3n2)cc1)C(=O)O. The van der Waals surface area contributed by atoms with Gasteiger partial charge in [0.25, 0.3) is 11.5 Å². The van der Waals surface area contributed by atoms with Crippen LogP contribution in [0.2, 0.25) is 0 Å². The average molecular weight is 724 g/mol. The molecule has 0 fully saturated rings. The van der Waals surface area contributed by atoms with E-state index in [1.807, 2.05) is 0 Å². The second kappa shape index (κ2) is 19.1. The van der Waals surface area contributed by atoms with E-state index in [0.29, 0.717) is 17.8 Å². The molecular formula is C32H41N11O9. The zero-order valence-electron chi connectivity index (χ0n) is 28.3. The van der Waals surface area contributed by atoms with Crippen molar-refractivity contribution in [2.24, 2.45) is 22.4 Å². The number of carbonyl (C=O) groups is 6. The summed E-state index contributed by atoms with van der Waals surface area (Å²) in [4.78, 5) is 105. The number of guanidine groups is 1. The monoisotopic (exact) mass is 723 g/mol. The molecule has 20 heteroatoms. The smallest absolute Gasteiger partial charge is 0.326 e. The molecule has 0 saturated carbocycles. The number of nitrogens with two attached hydrogens (primary N) is 3. The van der Waals surface area contributed by atoms with E-state index in [2.05, 4.69) is 40.9 Å². The van der Waals surface area contributed by atoms with E-state index in [1.54, 1.807) is 19.1 Å². The number of aromatic amines is 1. The number of aliphatic imine (C=N–C) groups is 1. The normalized spacial score (nSPS) is 12.6. The highest BCUT2D eigenvalue weighted by atomic mass is 16.4. The zero-order valence-corrected chi connectivity index (χ0v) is 28.3. The maximum Gasteiger partial charge on any atom is 0.326 e. The third-order valence-corrected chi connectivity index (χ3v) is 7.69. The van der Waals surface area contributed by atoms with Crippen LogP contribution in [0.15, 0.2) is 40.2 Å². The number of carboxylic acid groups (broad SMARTS) is 2. The number of nitrogens with zero attached hydrogens (tertiary/aromatic N) is 4. The van der Waals surface area contributed by atoms with Crippen molar-refractivity contribution >= 4 is 64.1 Å². The van der Waals surface area contributed by atoms with Crippen molar-refractivity contribution in [2.45, 2.75) is 70.5 Å². The molecule has 3 rings (SSSR count). The largest absolute Gasteiger partial charge is 0.481 e. The number of aromatic nitrogens is 4. The van der Waals surface area contributed by atoms with E-state index in [0.717, 1.165) is 0 Å². The third-order valence-electron chi connectivity index (χ3n) is 7.69. The number of nitrogens with one attached hydrogen (secondary N) is 4. The second-order valence-electron chi connectivity index (χ2n) is 11.7. The van der Waals surface area contributed by atoms with E-state index in [4.69, 9.17) is 17.2 Å². The number of fused-ring (bicyclic) bond motifs is 1. The van der Waals surface area contributed by atoms with E-state index in [1.165, 1.54) is 18.3 Å². The van der Waals surface area contributed by atoms with Gasteiger partial charge in [-0.1, -0.05) is 6.92 Å². The summed E-state index contributed by atoms with van der Waals surface area (Å²) in [5, 5.41) is 27.0. The van der Waals surface area contributed by atoms with Gasteiger partial charge in [0.15, 0.2) is 22.9 Å². The lowest BCUT2D eigenvalue weighted by Gasteiger charge is -2.21. The van der Waals surface area contributed by atoms with Crippen molar-refractivity contribution in [3.63, 3.8) is 0 Å². The number of hydrogen-bond acceptors (Lipinski definition) is 13. The Hall–Kier alpha value is -6.47. The first kappa shape index (κ1) is 40.0. The molecule has 12 N–H and O–H groups in total. The highest BCUT2D eigenvalue weighted by molar-refractivity contribution is 5.97. The minimum Gasteiger partial charge on any atom is -0.481 e. The quantitative estimate of drug-likeness (QED) is 0.0378. The second-order valence-corrected chi connectivity index (χ2v) is 11.7. The van der Waals surface area contributed by atoms with Crippen LogP contribution in [0.1, 0.15) is 67.9 Å². The lowest BCUT2D eigenvalue weighted by Crippen LogP contribution is -2.44. The van der Waals surface area contributed by atoms with Gasteiger partial charge < -0.3 is 43.4 Å². The Bertz CT molecular complexity index is 1880. The summed E-state index contributed by atoms with van der Waals surface area (Å²) in [6, 6.07) is 3.59. The van der Waals surface area contributed by atoms with Crippen LogP contribution in [-0.4, -0.2) is 90.1 Å². The molecule has 52 heavy (non-hydrogen) atoms. The Labute approximate surface area is 296 Å².